The summed E-state index contributed by atoms with van der Waals surface area (Å²) in [4.78, 5) is 49.2. The van der Waals surface area contributed by atoms with E-state index in [-0.39, 0.29) is 22.5 Å². The van der Waals surface area contributed by atoms with Crippen molar-refractivity contribution in [3.8, 4) is 0 Å². The number of hydrogen-bond acceptors (Lipinski definition) is 6. The van der Waals surface area contributed by atoms with Gasteiger partial charge in [0.1, 0.15) is 5.56 Å². The lowest BCUT2D eigenvalue weighted by molar-refractivity contribution is -0.0132. The standard InChI is InChI=1S/C25H38N6O6S.H2O/c1-29-15-20(22(33)30(2)24(29)35)21(32)26-6-3-16-4-7-31(8-5-16)38(36,37)28-23(34)27-25-12-17-9-18(13-25)11-19(10-17)14-25;/h15-19H,3-14H2,1-2H3,(H,26,32)(H2,27,28,34);1H2. The molecule has 39 heavy (non-hydrogen) atoms. The number of carbonyl (C=O) groups is 2. The molecule has 4 aliphatic carbocycles. The zero-order valence-electron chi connectivity index (χ0n) is 22.6. The van der Waals surface area contributed by atoms with Crippen LogP contribution in [0.15, 0.2) is 15.8 Å². The van der Waals surface area contributed by atoms with Crippen LogP contribution in [0.25, 0.3) is 0 Å². The van der Waals surface area contributed by atoms with Crippen LogP contribution in [0.2, 0.25) is 0 Å². The molecule has 1 saturated heterocycles. The molecule has 1 aromatic rings. The summed E-state index contributed by atoms with van der Waals surface area (Å²) in [6, 6.07) is -0.624. The van der Waals surface area contributed by atoms with Gasteiger partial charge in [-0.1, -0.05) is 0 Å². The second-order valence-electron chi connectivity index (χ2n) is 11.9. The third-order valence-electron chi connectivity index (χ3n) is 9.08. The first-order valence-corrected chi connectivity index (χ1v) is 15.0. The smallest absolute Gasteiger partial charge is 0.330 e. The molecule has 1 aromatic heterocycles. The molecule has 218 valence electrons. The Morgan fingerprint density at radius 1 is 1.00 bits per heavy atom. The first-order valence-electron chi connectivity index (χ1n) is 13.6. The number of aromatic nitrogens is 2. The van der Waals surface area contributed by atoms with Gasteiger partial charge in [0.2, 0.25) is 0 Å². The molecule has 5 N–H and O–H groups in total. The minimum atomic E-state index is -3.94. The van der Waals surface area contributed by atoms with Crippen molar-refractivity contribution in [3.63, 3.8) is 0 Å². The summed E-state index contributed by atoms with van der Waals surface area (Å²) in [6.45, 7) is 0.911. The molecule has 4 bridgehead atoms. The van der Waals surface area contributed by atoms with Crippen molar-refractivity contribution >= 4 is 22.1 Å². The van der Waals surface area contributed by atoms with E-state index >= 15 is 0 Å². The van der Waals surface area contributed by atoms with Gasteiger partial charge in [-0.15, -0.1) is 0 Å². The molecular formula is C25H40N6O7S. The van der Waals surface area contributed by atoms with Gasteiger partial charge >= 0.3 is 21.9 Å². The Morgan fingerprint density at radius 3 is 2.13 bits per heavy atom. The molecule has 13 nitrogen and oxygen atoms in total. The zero-order valence-corrected chi connectivity index (χ0v) is 23.4. The van der Waals surface area contributed by atoms with Gasteiger partial charge in [0, 0.05) is 45.5 Å². The summed E-state index contributed by atoms with van der Waals surface area (Å²) >= 11 is 0. The van der Waals surface area contributed by atoms with Gasteiger partial charge in [-0.3, -0.25) is 14.2 Å². The molecule has 0 aromatic carbocycles. The molecule has 2 heterocycles. The van der Waals surface area contributed by atoms with Crippen LogP contribution in [0.5, 0.6) is 0 Å². The number of urea groups is 1. The average molecular weight is 569 g/mol. The second kappa shape index (κ2) is 11.0. The quantitative estimate of drug-likeness (QED) is 0.402. The summed E-state index contributed by atoms with van der Waals surface area (Å²) in [7, 11) is -1.14. The zero-order chi connectivity index (χ0) is 27.2. The molecule has 0 radical (unpaired) electrons. The first kappa shape index (κ1) is 29.3. The topological polar surface area (TPSA) is 183 Å². The first-order chi connectivity index (χ1) is 17.9. The maximum atomic E-state index is 12.9. The number of aryl methyl sites for hydroxylation is 1. The number of amides is 3. The van der Waals surface area contributed by atoms with E-state index in [1.807, 2.05) is 0 Å². The van der Waals surface area contributed by atoms with E-state index < -0.39 is 33.4 Å². The lowest BCUT2D eigenvalue weighted by Crippen LogP contribution is -2.62. The van der Waals surface area contributed by atoms with E-state index in [4.69, 9.17) is 0 Å². The van der Waals surface area contributed by atoms with Gasteiger partial charge in [0.15, 0.2) is 0 Å². The molecule has 1 aliphatic heterocycles. The van der Waals surface area contributed by atoms with Crippen LogP contribution < -0.4 is 26.6 Å². The Bertz CT molecular complexity index is 1290. The Balaban J connectivity index is 0.00000353. The highest BCUT2D eigenvalue weighted by atomic mass is 32.2. The average Bonchev–Trinajstić information content (AvgIpc) is 2.83. The number of hydrogen-bond donors (Lipinski definition) is 3. The predicted molar refractivity (Wildman–Crippen MR) is 143 cm³/mol. The van der Waals surface area contributed by atoms with E-state index in [0.717, 1.165) is 23.8 Å². The van der Waals surface area contributed by atoms with Crippen LogP contribution in [-0.4, -0.2) is 64.4 Å². The Hall–Kier alpha value is -2.71. The van der Waals surface area contributed by atoms with Crippen molar-refractivity contribution in [3.05, 3.63) is 32.6 Å². The summed E-state index contributed by atoms with van der Waals surface area (Å²) in [6.07, 6.45) is 9.65. The molecule has 0 spiro atoms. The number of rotatable bonds is 7. The van der Waals surface area contributed by atoms with Crippen LogP contribution in [0.1, 0.15) is 68.1 Å². The second-order valence-corrected chi connectivity index (χ2v) is 13.6. The molecule has 0 atom stereocenters. The van der Waals surface area contributed by atoms with Crippen LogP contribution in [-0.2, 0) is 24.3 Å². The maximum absolute atomic E-state index is 12.9. The van der Waals surface area contributed by atoms with Gasteiger partial charge < -0.3 is 20.7 Å². The van der Waals surface area contributed by atoms with Crippen molar-refractivity contribution in [2.75, 3.05) is 19.6 Å². The highest BCUT2D eigenvalue weighted by Gasteiger charge is 2.51. The number of nitrogens with zero attached hydrogens (tertiary/aromatic N) is 3. The summed E-state index contributed by atoms with van der Waals surface area (Å²) < 4.78 is 31.4. The SMILES string of the molecule is Cn1cc(C(=O)NCCC2CCN(S(=O)(=O)NC(=O)NC34CC5CC(CC(C5)C3)C4)CC2)c(=O)n(C)c1=O.O. The highest BCUT2D eigenvalue weighted by Crippen LogP contribution is 2.55. The fourth-order valence-corrected chi connectivity index (χ4v) is 8.71. The van der Waals surface area contributed by atoms with Crippen LogP contribution in [0.4, 0.5) is 4.79 Å². The fourth-order valence-electron chi connectivity index (χ4n) is 7.60. The lowest BCUT2D eigenvalue weighted by Gasteiger charge is -2.56. The van der Waals surface area contributed by atoms with Crippen LogP contribution in [0, 0.1) is 23.7 Å². The third-order valence-corrected chi connectivity index (χ3v) is 10.6. The van der Waals surface area contributed by atoms with Gasteiger partial charge in [-0.2, -0.15) is 12.7 Å². The van der Waals surface area contributed by atoms with Crippen molar-refractivity contribution in [1.82, 2.24) is 28.8 Å². The Kier molecular flexibility index (Phi) is 8.29. The van der Waals surface area contributed by atoms with E-state index in [9.17, 15) is 27.6 Å². The van der Waals surface area contributed by atoms with E-state index in [1.165, 1.54) is 48.4 Å². The molecule has 14 heteroatoms. The summed E-state index contributed by atoms with van der Waals surface area (Å²) in [5, 5.41) is 5.78. The highest BCUT2D eigenvalue weighted by molar-refractivity contribution is 7.87. The summed E-state index contributed by atoms with van der Waals surface area (Å²) in [5.74, 6) is 1.59. The maximum Gasteiger partial charge on any atom is 0.330 e. The van der Waals surface area contributed by atoms with Crippen molar-refractivity contribution in [2.24, 2.45) is 37.8 Å². The van der Waals surface area contributed by atoms with Gasteiger partial charge in [-0.05, 0) is 81.5 Å². The molecule has 3 amide bonds. The molecule has 6 rings (SSSR count). The Morgan fingerprint density at radius 2 is 1.56 bits per heavy atom. The largest absolute Gasteiger partial charge is 0.412 e. The Labute approximate surface area is 227 Å². The van der Waals surface area contributed by atoms with Crippen LogP contribution >= 0.6 is 0 Å². The van der Waals surface area contributed by atoms with Crippen molar-refractivity contribution in [1.29, 1.82) is 0 Å². The van der Waals surface area contributed by atoms with Gasteiger partial charge in [0.25, 0.3) is 11.5 Å². The van der Waals surface area contributed by atoms with E-state index in [0.29, 0.717) is 56.7 Å². The summed E-state index contributed by atoms with van der Waals surface area (Å²) in [5.41, 5.74) is -1.52. The molecule has 0 unspecified atom stereocenters. The predicted octanol–water partition coefficient (Wildman–Crippen LogP) is -0.396. The molecule has 4 saturated carbocycles. The minimum Gasteiger partial charge on any atom is -0.412 e. The number of carbonyl (C=O) groups excluding carboxylic acids is 2. The van der Waals surface area contributed by atoms with Gasteiger partial charge in [-0.25, -0.2) is 14.3 Å². The number of nitrogens with one attached hydrogen (secondary N) is 3. The fraction of sp³-hybridized carbons (Fsp3) is 0.760. The lowest BCUT2D eigenvalue weighted by atomic mass is 9.53. The molecule has 5 aliphatic rings. The molecular weight excluding hydrogens is 528 g/mol. The monoisotopic (exact) mass is 568 g/mol. The molecule has 5 fully saturated rings. The number of piperidine rings is 1. The van der Waals surface area contributed by atoms with Crippen molar-refractivity contribution < 1.29 is 23.5 Å². The van der Waals surface area contributed by atoms with E-state index in [2.05, 4.69) is 15.4 Å². The van der Waals surface area contributed by atoms with E-state index in [1.54, 1.807) is 0 Å². The van der Waals surface area contributed by atoms with Gasteiger partial charge in [0.05, 0.1) is 0 Å². The van der Waals surface area contributed by atoms with Crippen LogP contribution in [0.3, 0.4) is 0 Å². The normalized spacial score (nSPS) is 28.5. The minimum absolute atomic E-state index is 0. The third kappa shape index (κ3) is 6.07. The van der Waals surface area contributed by atoms with Crippen molar-refractivity contribution in [2.45, 2.75) is 63.3 Å².